The van der Waals surface area contributed by atoms with E-state index in [-0.39, 0.29) is 6.61 Å². The number of rotatable bonds is 8. The first kappa shape index (κ1) is 22.1. The fraction of sp³-hybridized carbons (Fsp3) is 0.120. The molecule has 0 heterocycles. The van der Waals surface area contributed by atoms with Gasteiger partial charge in [-0.15, -0.1) is 0 Å². The molecule has 3 rings (SSSR count). The molecule has 5 nitrogen and oxygen atoms in total. The first-order valence-corrected chi connectivity index (χ1v) is 10.0. The SMILES string of the molecule is Cc1ccc(NC(=O)COC(=O)/C=C/c2ccc(OCc3ccc(Cl)cc3)cc2)cc1. The number of hydrogen-bond donors (Lipinski definition) is 1. The summed E-state index contributed by atoms with van der Waals surface area (Å²) >= 11 is 5.87. The molecule has 0 radical (unpaired) electrons. The van der Waals surface area contributed by atoms with E-state index in [0.29, 0.717) is 23.1 Å². The average Bonchev–Trinajstić information content (AvgIpc) is 2.78. The van der Waals surface area contributed by atoms with Crippen LogP contribution in [0.1, 0.15) is 16.7 Å². The van der Waals surface area contributed by atoms with Crippen molar-refractivity contribution in [1.82, 2.24) is 0 Å². The van der Waals surface area contributed by atoms with Crippen molar-refractivity contribution in [3.05, 3.63) is 101 Å². The Labute approximate surface area is 186 Å². The summed E-state index contributed by atoms with van der Waals surface area (Å²) in [7, 11) is 0. The van der Waals surface area contributed by atoms with Crippen molar-refractivity contribution in [2.24, 2.45) is 0 Å². The van der Waals surface area contributed by atoms with Gasteiger partial charge in [0.05, 0.1) is 0 Å². The van der Waals surface area contributed by atoms with Crippen LogP contribution in [0.2, 0.25) is 5.02 Å². The fourth-order valence-corrected chi connectivity index (χ4v) is 2.73. The lowest BCUT2D eigenvalue weighted by atomic mass is 10.2. The third kappa shape index (κ3) is 7.64. The van der Waals surface area contributed by atoms with E-state index in [1.165, 1.54) is 6.08 Å². The number of amides is 1. The second-order valence-electron chi connectivity index (χ2n) is 6.84. The highest BCUT2D eigenvalue weighted by atomic mass is 35.5. The summed E-state index contributed by atoms with van der Waals surface area (Å²) in [4.78, 5) is 23.7. The van der Waals surface area contributed by atoms with Crippen molar-refractivity contribution < 1.29 is 19.1 Å². The standard InChI is InChI=1S/C25H22ClNO4/c1-18-2-11-22(12-3-18)27-24(28)17-31-25(29)15-8-19-6-13-23(14-7-19)30-16-20-4-9-21(26)10-5-20/h2-15H,16-17H2,1H3,(H,27,28)/b15-8+. The van der Waals surface area contributed by atoms with E-state index < -0.39 is 11.9 Å². The molecule has 0 saturated carbocycles. The molecule has 0 spiro atoms. The molecule has 31 heavy (non-hydrogen) atoms. The Balaban J connectivity index is 1.41. The Morgan fingerprint density at radius 2 is 1.61 bits per heavy atom. The van der Waals surface area contributed by atoms with Crippen LogP contribution in [0.3, 0.4) is 0 Å². The summed E-state index contributed by atoms with van der Waals surface area (Å²) < 4.78 is 10.7. The quantitative estimate of drug-likeness (QED) is 0.379. The number of carbonyl (C=O) groups excluding carboxylic acids is 2. The van der Waals surface area contributed by atoms with Crippen LogP contribution in [0.15, 0.2) is 78.9 Å². The lowest BCUT2D eigenvalue weighted by Crippen LogP contribution is -2.20. The van der Waals surface area contributed by atoms with E-state index in [0.717, 1.165) is 16.7 Å². The summed E-state index contributed by atoms with van der Waals surface area (Å²) in [6.07, 6.45) is 2.89. The molecule has 0 aliphatic heterocycles. The van der Waals surface area contributed by atoms with Gasteiger partial charge in [0, 0.05) is 16.8 Å². The molecule has 0 aromatic heterocycles. The van der Waals surface area contributed by atoms with Gasteiger partial charge in [-0.3, -0.25) is 4.79 Å². The van der Waals surface area contributed by atoms with Crippen LogP contribution >= 0.6 is 11.6 Å². The van der Waals surface area contributed by atoms with Crippen LogP contribution in [0.25, 0.3) is 6.08 Å². The predicted octanol–water partition coefficient (Wildman–Crippen LogP) is 5.42. The fourth-order valence-electron chi connectivity index (χ4n) is 2.61. The number of carbonyl (C=O) groups is 2. The molecule has 0 fully saturated rings. The molecule has 3 aromatic carbocycles. The van der Waals surface area contributed by atoms with Crippen LogP contribution in [0, 0.1) is 6.92 Å². The monoisotopic (exact) mass is 435 g/mol. The van der Waals surface area contributed by atoms with Gasteiger partial charge in [0.1, 0.15) is 12.4 Å². The first-order valence-electron chi connectivity index (χ1n) is 9.66. The molecule has 158 valence electrons. The van der Waals surface area contributed by atoms with E-state index in [1.807, 2.05) is 67.6 Å². The van der Waals surface area contributed by atoms with Crippen molar-refractivity contribution in [2.45, 2.75) is 13.5 Å². The predicted molar refractivity (Wildman–Crippen MR) is 122 cm³/mol. The van der Waals surface area contributed by atoms with Gasteiger partial charge < -0.3 is 14.8 Å². The minimum atomic E-state index is -0.595. The van der Waals surface area contributed by atoms with E-state index in [4.69, 9.17) is 21.1 Å². The van der Waals surface area contributed by atoms with Gasteiger partial charge in [0.2, 0.25) is 0 Å². The topological polar surface area (TPSA) is 64.6 Å². The van der Waals surface area contributed by atoms with Gasteiger partial charge in [0.25, 0.3) is 5.91 Å². The molecule has 0 bridgehead atoms. The van der Waals surface area contributed by atoms with Crippen molar-refractivity contribution in [3.63, 3.8) is 0 Å². The van der Waals surface area contributed by atoms with Gasteiger partial charge in [0.15, 0.2) is 6.61 Å². The highest BCUT2D eigenvalue weighted by Crippen LogP contribution is 2.16. The lowest BCUT2D eigenvalue weighted by molar-refractivity contribution is -0.142. The third-order valence-electron chi connectivity index (χ3n) is 4.29. The highest BCUT2D eigenvalue weighted by Gasteiger charge is 2.05. The average molecular weight is 436 g/mol. The minimum Gasteiger partial charge on any atom is -0.489 e. The number of aryl methyl sites for hydroxylation is 1. The molecule has 1 amide bonds. The van der Waals surface area contributed by atoms with Gasteiger partial charge in [-0.1, -0.05) is 53.6 Å². The van der Waals surface area contributed by atoms with Gasteiger partial charge in [-0.25, -0.2) is 4.79 Å². The summed E-state index contributed by atoms with van der Waals surface area (Å²) in [5.41, 5.74) is 3.57. The van der Waals surface area contributed by atoms with Crippen LogP contribution in [0.4, 0.5) is 5.69 Å². The summed E-state index contributed by atoms with van der Waals surface area (Å²) in [5.74, 6) is -0.280. The highest BCUT2D eigenvalue weighted by molar-refractivity contribution is 6.30. The van der Waals surface area contributed by atoms with Gasteiger partial charge in [-0.05, 0) is 60.5 Å². The van der Waals surface area contributed by atoms with E-state index in [2.05, 4.69) is 5.32 Å². The first-order chi connectivity index (χ1) is 15.0. The van der Waals surface area contributed by atoms with Gasteiger partial charge in [-0.2, -0.15) is 0 Å². The maximum Gasteiger partial charge on any atom is 0.331 e. The molecule has 3 aromatic rings. The minimum absolute atomic E-state index is 0.353. The molecule has 0 aliphatic rings. The molecule has 0 aliphatic carbocycles. The molecular formula is C25H22ClNO4. The van der Waals surface area contributed by atoms with Crippen LogP contribution in [0.5, 0.6) is 5.75 Å². The number of anilines is 1. The Kier molecular flexibility index (Phi) is 7.85. The van der Waals surface area contributed by atoms with Crippen molar-refractivity contribution in [2.75, 3.05) is 11.9 Å². The number of ether oxygens (including phenoxy) is 2. The van der Waals surface area contributed by atoms with Crippen LogP contribution in [-0.2, 0) is 20.9 Å². The Morgan fingerprint density at radius 3 is 2.29 bits per heavy atom. The van der Waals surface area contributed by atoms with Crippen molar-refractivity contribution in [1.29, 1.82) is 0 Å². The number of nitrogens with one attached hydrogen (secondary N) is 1. The van der Waals surface area contributed by atoms with E-state index in [1.54, 1.807) is 18.2 Å². The van der Waals surface area contributed by atoms with Crippen molar-refractivity contribution in [3.8, 4) is 5.75 Å². The third-order valence-corrected chi connectivity index (χ3v) is 4.54. The number of esters is 1. The normalized spacial score (nSPS) is 10.6. The van der Waals surface area contributed by atoms with Crippen molar-refractivity contribution >= 4 is 35.2 Å². The second-order valence-corrected chi connectivity index (χ2v) is 7.28. The Hall–Kier alpha value is -3.57. The zero-order chi connectivity index (χ0) is 22.1. The number of hydrogen-bond acceptors (Lipinski definition) is 4. The number of benzene rings is 3. The summed E-state index contributed by atoms with van der Waals surface area (Å²) in [5, 5.41) is 3.36. The van der Waals surface area contributed by atoms with E-state index in [9.17, 15) is 9.59 Å². The lowest BCUT2D eigenvalue weighted by Gasteiger charge is -2.07. The largest absolute Gasteiger partial charge is 0.489 e. The Morgan fingerprint density at radius 1 is 0.935 bits per heavy atom. The molecule has 6 heteroatoms. The zero-order valence-corrected chi connectivity index (χ0v) is 17.8. The molecule has 0 atom stereocenters. The molecular weight excluding hydrogens is 414 g/mol. The molecule has 0 saturated heterocycles. The smallest absolute Gasteiger partial charge is 0.331 e. The number of halogens is 1. The maximum atomic E-state index is 11.9. The van der Waals surface area contributed by atoms with Crippen LogP contribution < -0.4 is 10.1 Å². The van der Waals surface area contributed by atoms with E-state index >= 15 is 0 Å². The maximum absolute atomic E-state index is 11.9. The summed E-state index contributed by atoms with van der Waals surface area (Å²) in [6.45, 7) is 2.04. The summed E-state index contributed by atoms with van der Waals surface area (Å²) in [6, 6.07) is 22.1. The molecule has 1 N–H and O–H groups in total. The second kappa shape index (κ2) is 11.0. The van der Waals surface area contributed by atoms with Gasteiger partial charge >= 0.3 is 5.97 Å². The van der Waals surface area contributed by atoms with Crippen LogP contribution in [-0.4, -0.2) is 18.5 Å². The molecule has 0 unspecified atom stereocenters. The Bertz CT molecular complexity index is 1040. The zero-order valence-electron chi connectivity index (χ0n) is 17.0.